The molecule has 0 aliphatic heterocycles. The van der Waals surface area contributed by atoms with Crippen LogP contribution in [0.3, 0.4) is 0 Å². The summed E-state index contributed by atoms with van der Waals surface area (Å²) in [5, 5.41) is 2.85. The summed E-state index contributed by atoms with van der Waals surface area (Å²) in [6.07, 6.45) is 22.8. The number of hydrogen-bond acceptors (Lipinski definition) is 2. The molecule has 0 rings (SSSR count). The maximum Gasteiger partial charge on any atom is 2.00 e. The predicted octanol–water partition coefficient (Wildman–Crippen LogP) is 7.90. The fourth-order valence-corrected chi connectivity index (χ4v) is 3.26. The zero-order chi connectivity index (χ0) is 19.2. The van der Waals surface area contributed by atoms with Gasteiger partial charge in [0.05, 0.1) is 0 Å². The van der Waals surface area contributed by atoms with Crippen LogP contribution in [0.1, 0.15) is 124 Å². The first-order valence-electron chi connectivity index (χ1n) is 10.8. The van der Waals surface area contributed by atoms with Crippen molar-refractivity contribution in [1.82, 2.24) is 5.32 Å². The van der Waals surface area contributed by atoms with Crippen LogP contribution in [-0.2, 0) is 32.1 Å². The Balaban J connectivity index is -0.000000561. The van der Waals surface area contributed by atoms with Gasteiger partial charge in [0.15, 0.2) is 0 Å². The molecule has 0 saturated carbocycles. The molecule has 26 heavy (non-hydrogen) atoms. The van der Waals surface area contributed by atoms with Gasteiger partial charge in [-0.2, -0.15) is 6.42 Å². The molecule has 0 aromatic carbocycles. The third-order valence-electron chi connectivity index (χ3n) is 4.26. The van der Waals surface area contributed by atoms with Gasteiger partial charge in [0.1, 0.15) is 0 Å². The Morgan fingerprint density at radius 3 is 1.27 bits per heavy atom. The number of rotatable bonds is 16. The first kappa shape index (κ1) is 31.4. The van der Waals surface area contributed by atoms with E-state index in [2.05, 4.69) is 44.0 Å². The minimum absolute atomic E-state index is 0. The standard InChI is InChI=1S/C18H37.C4H9NS2.Zn/c1-3-5-7-9-11-13-15-17-18-16-14-12-10-8-6-4-2;1-3(2)5-4(6)7;/h1,3-18H2,2H3;3H,1-2H3,(H2,5,6,7);/q-1;;+2/p-1. The van der Waals surface area contributed by atoms with Gasteiger partial charge in [0.25, 0.3) is 0 Å². The number of hydrogen-bond donors (Lipinski definition) is 1. The first-order valence-corrected chi connectivity index (χ1v) is 11.6. The molecule has 0 amide bonds. The second kappa shape index (κ2) is 27.9. The molecule has 0 saturated heterocycles. The summed E-state index contributed by atoms with van der Waals surface area (Å²) in [5.74, 6) is 0. The van der Waals surface area contributed by atoms with E-state index >= 15 is 0 Å². The molecule has 0 fully saturated rings. The molecule has 0 radical (unpaired) electrons. The van der Waals surface area contributed by atoms with Gasteiger partial charge in [-0.25, -0.2) is 0 Å². The van der Waals surface area contributed by atoms with Gasteiger partial charge in [-0.1, -0.05) is 108 Å². The van der Waals surface area contributed by atoms with E-state index in [1.54, 1.807) is 0 Å². The smallest absolute Gasteiger partial charge is 0.412 e. The largest absolute Gasteiger partial charge is 2.00 e. The summed E-state index contributed by atoms with van der Waals surface area (Å²) in [7, 11) is 0. The van der Waals surface area contributed by atoms with Crippen molar-refractivity contribution in [3.05, 3.63) is 6.92 Å². The number of thiocarbonyl (C=S) groups is 1. The van der Waals surface area contributed by atoms with Gasteiger partial charge in [-0.05, 0) is 13.8 Å². The summed E-state index contributed by atoms with van der Waals surface area (Å²) in [5.41, 5.74) is 0. The molecule has 0 unspecified atom stereocenters. The van der Waals surface area contributed by atoms with Crippen molar-refractivity contribution in [2.75, 3.05) is 0 Å². The second-order valence-corrected chi connectivity index (χ2v) is 8.46. The number of unbranched alkanes of at least 4 members (excludes halogenated alkanes) is 15. The Hall–Kier alpha value is 0.733. The van der Waals surface area contributed by atoms with Crippen LogP contribution >= 0.6 is 12.2 Å². The zero-order valence-corrected chi connectivity index (χ0v) is 22.7. The van der Waals surface area contributed by atoms with Crippen molar-refractivity contribution in [3.8, 4) is 0 Å². The minimum Gasteiger partial charge on any atom is -0.412 e. The molecule has 0 spiro atoms. The fourth-order valence-electron chi connectivity index (χ4n) is 2.78. The van der Waals surface area contributed by atoms with E-state index in [1.807, 2.05) is 13.8 Å². The van der Waals surface area contributed by atoms with Crippen LogP contribution < -0.4 is 5.32 Å². The van der Waals surface area contributed by atoms with Crippen LogP contribution in [0.25, 0.3) is 0 Å². The van der Waals surface area contributed by atoms with Gasteiger partial charge >= 0.3 is 19.5 Å². The van der Waals surface area contributed by atoms with Gasteiger partial charge in [0.2, 0.25) is 0 Å². The average Bonchev–Trinajstić information content (AvgIpc) is 2.54. The van der Waals surface area contributed by atoms with Gasteiger partial charge < -0.3 is 37.1 Å². The maximum atomic E-state index is 4.58. The Kier molecular flexibility index (Phi) is 33.8. The average molecular weight is 453 g/mol. The molecule has 1 nitrogen and oxygen atoms in total. The molecule has 0 aromatic rings. The third-order valence-corrected chi connectivity index (χ3v) is 4.50. The van der Waals surface area contributed by atoms with Gasteiger partial charge in [0, 0.05) is 6.04 Å². The monoisotopic (exact) mass is 451 g/mol. The molecule has 0 heterocycles. The Morgan fingerprint density at radius 1 is 0.769 bits per heavy atom. The molecule has 0 aromatic heterocycles. The molecule has 0 aliphatic rings. The topological polar surface area (TPSA) is 12.0 Å². The zero-order valence-electron chi connectivity index (χ0n) is 18.1. The molecule has 0 atom stereocenters. The first-order chi connectivity index (χ1) is 12.0. The fraction of sp³-hybridized carbons (Fsp3) is 0.909. The summed E-state index contributed by atoms with van der Waals surface area (Å²) < 4.78 is 0.454. The summed E-state index contributed by atoms with van der Waals surface area (Å²) in [6.45, 7) is 10.2. The van der Waals surface area contributed by atoms with E-state index in [1.165, 1.54) is 96.3 Å². The van der Waals surface area contributed by atoms with Gasteiger partial charge in [-0.15, -0.1) is 0 Å². The molecular formula is C22H45NS2Zn. The molecule has 0 aliphatic carbocycles. The van der Waals surface area contributed by atoms with E-state index in [0.717, 1.165) is 6.42 Å². The van der Waals surface area contributed by atoms with E-state index in [4.69, 9.17) is 0 Å². The van der Waals surface area contributed by atoms with Crippen molar-refractivity contribution in [2.24, 2.45) is 0 Å². The Bertz CT molecular complexity index is 245. The van der Waals surface area contributed by atoms with Crippen LogP contribution in [0, 0.1) is 6.92 Å². The minimum atomic E-state index is 0. The quantitative estimate of drug-likeness (QED) is 0.0839. The van der Waals surface area contributed by atoms with Crippen LogP contribution in [0.4, 0.5) is 0 Å². The molecule has 1 N–H and O–H groups in total. The normalized spacial score (nSPS) is 10.0. The Labute approximate surface area is 189 Å². The van der Waals surface area contributed by atoms with E-state index < -0.39 is 0 Å². The molecule has 4 heteroatoms. The van der Waals surface area contributed by atoms with Crippen molar-refractivity contribution in [1.29, 1.82) is 0 Å². The van der Waals surface area contributed by atoms with Crippen LogP contribution in [0.5, 0.6) is 0 Å². The summed E-state index contributed by atoms with van der Waals surface area (Å²) in [6, 6.07) is 0.380. The Morgan fingerprint density at radius 2 is 1.08 bits per heavy atom. The van der Waals surface area contributed by atoms with Crippen molar-refractivity contribution >= 4 is 29.2 Å². The van der Waals surface area contributed by atoms with E-state index in [0.29, 0.717) is 10.4 Å². The molecule has 152 valence electrons. The van der Waals surface area contributed by atoms with Crippen LogP contribution in [-0.4, -0.2) is 10.4 Å². The van der Waals surface area contributed by atoms with Crippen molar-refractivity contribution in [2.45, 2.75) is 130 Å². The van der Waals surface area contributed by atoms with Crippen LogP contribution in [0.15, 0.2) is 0 Å². The van der Waals surface area contributed by atoms with Crippen molar-refractivity contribution in [3.63, 3.8) is 0 Å². The van der Waals surface area contributed by atoms with E-state index in [-0.39, 0.29) is 19.5 Å². The number of nitrogens with one attached hydrogen (secondary N) is 1. The summed E-state index contributed by atoms with van der Waals surface area (Å²) >= 11 is 9.15. The second-order valence-electron chi connectivity index (χ2n) is 7.39. The maximum absolute atomic E-state index is 4.58. The van der Waals surface area contributed by atoms with Crippen molar-refractivity contribution < 1.29 is 19.5 Å². The molecular weight excluding hydrogens is 408 g/mol. The summed E-state index contributed by atoms with van der Waals surface area (Å²) in [4.78, 5) is 0. The van der Waals surface area contributed by atoms with Crippen LogP contribution in [0.2, 0.25) is 0 Å². The predicted molar refractivity (Wildman–Crippen MR) is 123 cm³/mol. The third kappa shape index (κ3) is 35.8. The van der Waals surface area contributed by atoms with Gasteiger partial charge in [-0.3, -0.25) is 0 Å². The molecule has 0 bridgehead atoms. The SMILES string of the molecule is CC(C)NC(=S)[S-].[CH2-]CCCCCCCCCCCCCCCCC.[Zn+2]. The van der Waals surface area contributed by atoms with E-state index in [9.17, 15) is 0 Å².